The van der Waals surface area contributed by atoms with Crippen LogP contribution in [0.3, 0.4) is 0 Å². The molecule has 0 spiro atoms. The molecule has 0 bridgehead atoms. The van der Waals surface area contributed by atoms with Gasteiger partial charge in [0.05, 0.1) is 0 Å². The van der Waals surface area contributed by atoms with Crippen LogP contribution in [0.5, 0.6) is 0 Å². The molecule has 0 fully saturated rings. The average molecular weight is 604 g/mol. The predicted octanol–water partition coefficient (Wildman–Crippen LogP) is 7.84. The van der Waals surface area contributed by atoms with Crippen molar-refractivity contribution in [3.8, 4) is 0 Å². The Balaban J connectivity index is 1.75. The zero-order valence-corrected chi connectivity index (χ0v) is 26.3. The minimum atomic E-state index is -5.84. The molecule has 0 aliphatic carbocycles. The van der Waals surface area contributed by atoms with E-state index in [1.807, 2.05) is 0 Å². The number of anilines is 2. The van der Waals surface area contributed by atoms with Crippen LogP contribution in [0.15, 0.2) is 48.5 Å². The summed E-state index contributed by atoms with van der Waals surface area (Å²) < 4.78 is 22.9. The number of carbonyl (C=O) groups excluding carboxylic acids is 3. The summed E-state index contributed by atoms with van der Waals surface area (Å²) in [5, 5.41) is 0. The zero-order valence-electron chi connectivity index (χ0n) is 24.7. The van der Waals surface area contributed by atoms with Gasteiger partial charge in [0.15, 0.2) is 0 Å². The van der Waals surface area contributed by atoms with E-state index >= 15 is 0 Å². The van der Waals surface area contributed by atoms with Crippen LogP contribution in [-0.2, 0) is 32.1 Å². The second kappa shape index (κ2) is 18.6. The number of rotatable bonds is 20. The summed E-state index contributed by atoms with van der Waals surface area (Å²) in [6.07, 6.45) is 15.1. The molecule has 225 valence electrons. The molecule has 0 aromatic heterocycles. The van der Waals surface area contributed by atoms with E-state index in [-0.39, 0.29) is 17.5 Å². The molecular weight excluding hydrogens is 556 g/mol. The molecule has 1 unspecified atom stereocenters. The number of benzene rings is 2. The van der Waals surface area contributed by atoms with E-state index in [1.165, 1.54) is 106 Å². The Morgan fingerprint density at radius 2 is 1.05 bits per heavy atom. The van der Waals surface area contributed by atoms with Crippen LogP contribution in [0.25, 0.3) is 0 Å². The molecule has 0 radical (unpaired) electrons. The number of carbonyl (C=O) groups is 3. The number of hydrogen-bond acceptors (Lipinski definition) is 8. The van der Waals surface area contributed by atoms with E-state index in [2.05, 4.69) is 13.8 Å². The second-order valence-corrected chi connectivity index (χ2v) is 14.3. The Hall–Kier alpha value is -2.84. The molecule has 0 saturated carbocycles. The fraction of sp³-hybridized carbons (Fsp3) is 0.531. The molecule has 0 aliphatic heterocycles. The van der Waals surface area contributed by atoms with Crippen molar-refractivity contribution in [1.82, 2.24) is 0 Å². The zero-order chi connectivity index (χ0) is 30.1. The Kier molecular flexibility index (Phi) is 15.6. The van der Waals surface area contributed by atoms with E-state index in [0.717, 1.165) is 25.2 Å². The quantitative estimate of drug-likeness (QED) is 0.0887. The van der Waals surface area contributed by atoms with Crippen molar-refractivity contribution in [2.75, 3.05) is 11.5 Å². The number of unbranched alkanes of at least 4 members (excludes halogenated alkanes) is 11. The van der Waals surface area contributed by atoms with Gasteiger partial charge in [-0.1, -0.05) is 39.5 Å². The maximum atomic E-state index is 13.6. The maximum absolute atomic E-state index is 13.6. The van der Waals surface area contributed by atoms with Crippen molar-refractivity contribution in [3.63, 3.8) is 0 Å². The molecule has 8 nitrogen and oxygen atoms in total. The average Bonchev–Trinajstić information content (AvgIpc) is 2.93. The number of nitrogen functional groups attached to an aromatic ring is 2. The van der Waals surface area contributed by atoms with Gasteiger partial charge in [-0.25, -0.2) is 0 Å². The molecule has 0 aliphatic rings. The molecule has 2 aromatic rings. The first-order valence-electron chi connectivity index (χ1n) is 15.0. The molecule has 0 saturated heterocycles. The van der Waals surface area contributed by atoms with Crippen LogP contribution in [0, 0.1) is 5.92 Å². The van der Waals surface area contributed by atoms with Gasteiger partial charge in [0, 0.05) is 0 Å². The fourth-order valence-corrected chi connectivity index (χ4v) is 6.88. The van der Waals surface area contributed by atoms with Crippen molar-refractivity contribution in [3.05, 3.63) is 59.7 Å². The van der Waals surface area contributed by atoms with Gasteiger partial charge in [-0.05, 0) is 5.92 Å². The third kappa shape index (κ3) is 13.6. The SMILES string of the molecule is CC(C)CCCCCCCCCCCCCCC(=O)[O][Ti](=[O])([O]C(=O)c1ccc(N)cc1)[C](=O)c1ccc(N)cc1. The van der Waals surface area contributed by atoms with E-state index in [4.69, 9.17) is 18.1 Å². The van der Waals surface area contributed by atoms with Gasteiger partial charge < -0.3 is 0 Å². The van der Waals surface area contributed by atoms with E-state index in [9.17, 15) is 17.7 Å². The summed E-state index contributed by atoms with van der Waals surface area (Å²) in [5.74, 6) is -1.04. The first-order valence-corrected chi connectivity index (χ1v) is 17.7. The van der Waals surface area contributed by atoms with Gasteiger partial charge in [0.25, 0.3) is 0 Å². The molecule has 0 heterocycles. The summed E-state index contributed by atoms with van der Waals surface area (Å²) in [5.41, 5.74) is 12.2. The Morgan fingerprint density at radius 3 is 1.51 bits per heavy atom. The van der Waals surface area contributed by atoms with Crippen molar-refractivity contribution in [1.29, 1.82) is 0 Å². The van der Waals surface area contributed by atoms with Gasteiger partial charge in [0.1, 0.15) is 0 Å². The third-order valence-electron chi connectivity index (χ3n) is 6.98. The molecular formula is C32H47N2O6Ti. The second-order valence-electron chi connectivity index (χ2n) is 11.2. The van der Waals surface area contributed by atoms with Gasteiger partial charge in [0.2, 0.25) is 0 Å². The molecule has 4 N–H and O–H groups in total. The Bertz CT molecular complexity index is 1130. The third-order valence-corrected chi connectivity index (χ3v) is 9.79. The van der Waals surface area contributed by atoms with E-state index in [1.54, 1.807) is 0 Å². The first kappa shape index (κ1) is 34.4. The standard InChI is InChI=1S/C18H36O2.C7H7NO2.C7H6NO.O.Ti/c1-17(2)15-13-11-9-7-5-3-4-6-8-10-12-14-16-18(19)20;8-6-3-1-5(2-4-6)7(9)10;8-7-3-1-6(5-9)2-4-7;;/h17H,3-16H2,1-2H3,(H,19,20);1-4H,8H2,(H,9,10);1-4H,8H2;;/q;;;;+2/p-2. The van der Waals surface area contributed by atoms with Crippen LogP contribution in [-0.4, -0.2) is 16.0 Å². The van der Waals surface area contributed by atoms with Crippen LogP contribution in [0.2, 0.25) is 0 Å². The Labute approximate surface area is 249 Å². The predicted molar refractivity (Wildman–Crippen MR) is 158 cm³/mol. The van der Waals surface area contributed by atoms with Gasteiger partial charge in [-0.2, -0.15) is 0 Å². The van der Waals surface area contributed by atoms with Crippen molar-refractivity contribution in [2.24, 2.45) is 5.92 Å². The van der Waals surface area contributed by atoms with Crippen LogP contribution in [0.1, 0.15) is 124 Å². The topological polar surface area (TPSA) is 139 Å². The minimum absolute atomic E-state index is 0.0134. The van der Waals surface area contributed by atoms with E-state index < -0.39 is 33.4 Å². The van der Waals surface area contributed by atoms with Crippen molar-refractivity contribution < 1.29 is 41.7 Å². The number of nitrogens with two attached hydrogens (primary N) is 2. The number of hydrogen-bond donors (Lipinski definition) is 2. The summed E-state index contributed by atoms with van der Waals surface area (Å²) in [6, 6.07) is 11.3. The van der Waals surface area contributed by atoms with Gasteiger partial charge >= 0.3 is 204 Å². The van der Waals surface area contributed by atoms with Crippen molar-refractivity contribution >= 4 is 27.4 Å². The monoisotopic (exact) mass is 603 g/mol. The van der Waals surface area contributed by atoms with Crippen molar-refractivity contribution in [2.45, 2.75) is 104 Å². The molecule has 2 rings (SSSR count). The molecule has 41 heavy (non-hydrogen) atoms. The first-order chi connectivity index (χ1) is 19.6. The molecule has 1 atom stereocenters. The summed E-state index contributed by atoms with van der Waals surface area (Å²) >= 11 is -5.84. The van der Waals surface area contributed by atoms with Gasteiger partial charge in [-0.15, -0.1) is 0 Å². The summed E-state index contributed by atoms with van der Waals surface area (Å²) in [7, 11) is 0. The molecule has 2 aromatic carbocycles. The van der Waals surface area contributed by atoms with Crippen LogP contribution < -0.4 is 11.5 Å². The van der Waals surface area contributed by atoms with Gasteiger partial charge in [-0.3, -0.25) is 0 Å². The molecule has 0 amide bonds. The van der Waals surface area contributed by atoms with Crippen LogP contribution in [0.4, 0.5) is 11.4 Å². The van der Waals surface area contributed by atoms with E-state index in [0.29, 0.717) is 17.8 Å². The summed E-state index contributed by atoms with van der Waals surface area (Å²) in [6.45, 7) is 4.56. The fourth-order valence-electron chi connectivity index (χ4n) is 4.52. The van der Waals surface area contributed by atoms with Crippen LogP contribution >= 0.6 is 0 Å². The normalized spacial score (nSPS) is 12.6. The Morgan fingerprint density at radius 1 is 0.634 bits per heavy atom. The molecule has 9 heteroatoms. The summed E-state index contributed by atoms with van der Waals surface area (Å²) in [4.78, 5) is 38.4.